The first-order valence-corrected chi connectivity index (χ1v) is 7.74. The average Bonchev–Trinajstić information content (AvgIpc) is 2.52. The van der Waals surface area contributed by atoms with Gasteiger partial charge in [-0.2, -0.15) is 0 Å². The average molecular weight is 284 g/mol. The van der Waals surface area contributed by atoms with Crippen molar-refractivity contribution in [3.05, 3.63) is 34.9 Å². The summed E-state index contributed by atoms with van der Waals surface area (Å²) in [5.41, 5.74) is 8.06. The van der Waals surface area contributed by atoms with Gasteiger partial charge in [0, 0.05) is 18.7 Å². The number of rotatable bonds is 2. The predicted octanol–water partition coefficient (Wildman–Crippen LogP) is 2.57. The summed E-state index contributed by atoms with van der Waals surface area (Å²) in [4.78, 5) is 14.8. The normalized spacial score (nSPS) is 18.0. The Kier molecular flexibility index (Phi) is 5.41. The molecule has 1 saturated heterocycles. The zero-order valence-electron chi connectivity index (χ0n) is 13.0. The van der Waals surface area contributed by atoms with E-state index in [1.54, 1.807) is 0 Å². The molecule has 0 saturated carbocycles. The molecule has 3 nitrogen and oxygen atoms in total. The maximum atomic E-state index is 12.8. The van der Waals surface area contributed by atoms with E-state index in [-0.39, 0.29) is 5.91 Å². The van der Waals surface area contributed by atoms with Crippen molar-refractivity contribution in [3.63, 3.8) is 0 Å². The van der Waals surface area contributed by atoms with E-state index in [2.05, 4.69) is 18.8 Å². The van der Waals surface area contributed by atoms with Crippen molar-refractivity contribution in [2.24, 2.45) is 11.7 Å². The van der Waals surface area contributed by atoms with Crippen molar-refractivity contribution < 1.29 is 4.79 Å². The van der Waals surface area contributed by atoms with Crippen LogP contribution in [0.3, 0.4) is 0 Å². The van der Waals surface area contributed by atoms with Gasteiger partial charge in [0.2, 0.25) is 0 Å². The van der Waals surface area contributed by atoms with Gasteiger partial charge in [-0.3, -0.25) is 4.79 Å². The number of amides is 1. The van der Waals surface area contributed by atoms with Crippen molar-refractivity contribution >= 4 is 5.91 Å². The number of likely N-dealkylation sites (tertiary alicyclic amines) is 1. The lowest BCUT2D eigenvalue weighted by Crippen LogP contribution is -2.40. The number of hydrogen-bond acceptors (Lipinski definition) is 2. The molecule has 1 aromatic rings. The van der Waals surface area contributed by atoms with Gasteiger partial charge >= 0.3 is 0 Å². The number of nitrogens with zero attached hydrogens (tertiary/aromatic N) is 1. The van der Waals surface area contributed by atoms with Crippen LogP contribution in [0.2, 0.25) is 0 Å². The highest BCUT2D eigenvalue weighted by Crippen LogP contribution is 2.22. The summed E-state index contributed by atoms with van der Waals surface area (Å²) in [6.07, 6.45) is 3.46. The van der Waals surface area contributed by atoms with E-state index in [4.69, 9.17) is 5.73 Å². The molecule has 0 spiro atoms. The minimum Gasteiger partial charge on any atom is -0.338 e. The van der Waals surface area contributed by atoms with Gasteiger partial charge in [-0.15, -0.1) is 0 Å². The molecule has 1 amide bonds. The summed E-state index contributed by atoms with van der Waals surface area (Å²) < 4.78 is 0. The molecule has 0 radical (unpaired) electrons. The maximum Gasteiger partial charge on any atom is 0.255 e. The SMILES string of the molecule is CCC1CCCN(C(=O)c2ccc(C)cc2C#CCN)C1. The van der Waals surface area contributed by atoms with E-state index in [0.717, 1.165) is 37.1 Å². The van der Waals surface area contributed by atoms with Crippen LogP contribution >= 0.6 is 0 Å². The molecular weight excluding hydrogens is 260 g/mol. The number of hydrogen-bond donors (Lipinski definition) is 1. The molecule has 1 aliphatic heterocycles. The van der Waals surface area contributed by atoms with Crippen LogP contribution in [0, 0.1) is 24.7 Å². The molecule has 0 aromatic heterocycles. The van der Waals surface area contributed by atoms with E-state index in [0.29, 0.717) is 18.0 Å². The second-order valence-corrected chi connectivity index (χ2v) is 5.72. The fraction of sp³-hybridized carbons (Fsp3) is 0.500. The molecule has 1 fully saturated rings. The van der Waals surface area contributed by atoms with Crippen LogP contribution in [0.15, 0.2) is 18.2 Å². The van der Waals surface area contributed by atoms with E-state index in [1.165, 1.54) is 6.42 Å². The van der Waals surface area contributed by atoms with Crippen LogP contribution in [0.5, 0.6) is 0 Å². The number of aryl methyl sites for hydroxylation is 1. The Morgan fingerprint density at radius 2 is 2.29 bits per heavy atom. The lowest BCUT2D eigenvalue weighted by molar-refractivity contribution is 0.0671. The van der Waals surface area contributed by atoms with Crippen LogP contribution < -0.4 is 5.73 Å². The number of carbonyl (C=O) groups excluding carboxylic acids is 1. The van der Waals surface area contributed by atoms with Gasteiger partial charge in [0.25, 0.3) is 5.91 Å². The number of carbonyl (C=O) groups is 1. The fourth-order valence-electron chi connectivity index (χ4n) is 2.85. The second kappa shape index (κ2) is 7.28. The number of benzene rings is 1. The Balaban J connectivity index is 2.26. The summed E-state index contributed by atoms with van der Waals surface area (Å²) in [5.74, 6) is 6.63. The van der Waals surface area contributed by atoms with Crippen LogP contribution in [0.1, 0.15) is 47.7 Å². The third-order valence-corrected chi connectivity index (χ3v) is 4.11. The van der Waals surface area contributed by atoms with Crippen molar-refractivity contribution in [1.82, 2.24) is 4.90 Å². The summed E-state index contributed by atoms with van der Waals surface area (Å²) in [6.45, 7) is 6.24. The van der Waals surface area contributed by atoms with E-state index in [1.807, 2.05) is 30.0 Å². The van der Waals surface area contributed by atoms with E-state index in [9.17, 15) is 4.79 Å². The van der Waals surface area contributed by atoms with Gasteiger partial charge in [-0.1, -0.05) is 31.3 Å². The second-order valence-electron chi connectivity index (χ2n) is 5.72. The van der Waals surface area contributed by atoms with Gasteiger partial charge in [-0.05, 0) is 43.4 Å². The molecule has 112 valence electrons. The molecular formula is C18H24N2O. The van der Waals surface area contributed by atoms with Crippen LogP contribution in [-0.4, -0.2) is 30.4 Å². The Labute approximate surface area is 127 Å². The third kappa shape index (κ3) is 3.86. The van der Waals surface area contributed by atoms with Crippen molar-refractivity contribution in [2.75, 3.05) is 19.6 Å². The Morgan fingerprint density at radius 3 is 3.00 bits per heavy atom. The van der Waals surface area contributed by atoms with Crippen LogP contribution in [0.4, 0.5) is 0 Å². The minimum atomic E-state index is 0.106. The summed E-state index contributed by atoms with van der Waals surface area (Å²) in [7, 11) is 0. The first-order chi connectivity index (χ1) is 10.2. The van der Waals surface area contributed by atoms with Gasteiger partial charge in [0.05, 0.1) is 12.1 Å². The van der Waals surface area contributed by atoms with E-state index >= 15 is 0 Å². The minimum absolute atomic E-state index is 0.106. The van der Waals surface area contributed by atoms with Gasteiger partial charge in [0.15, 0.2) is 0 Å². The Bertz CT molecular complexity index is 568. The predicted molar refractivity (Wildman–Crippen MR) is 86.0 cm³/mol. The maximum absolute atomic E-state index is 12.8. The molecule has 2 N–H and O–H groups in total. The molecule has 1 atom stereocenters. The molecule has 21 heavy (non-hydrogen) atoms. The fourth-order valence-corrected chi connectivity index (χ4v) is 2.85. The Hall–Kier alpha value is -1.79. The van der Waals surface area contributed by atoms with Crippen LogP contribution in [-0.2, 0) is 0 Å². The summed E-state index contributed by atoms with van der Waals surface area (Å²) >= 11 is 0. The highest BCUT2D eigenvalue weighted by Gasteiger charge is 2.24. The van der Waals surface area contributed by atoms with Crippen molar-refractivity contribution in [3.8, 4) is 11.8 Å². The van der Waals surface area contributed by atoms with Crippen molar-refractivity contribution in [1.29, 1.82) is 0 Å². The molecule has 2 rings (SSSR count). The third-order valence-electron chi connectivity index (χ3n) is 4.11. The molecule has 0 aliphatic carbocycles. The first kappa shape index (κ1) is 15.6. The van der Waals surface area contributed by atoms with Gasteiger partial charge in [-0.25, -0.2) is 0 Å². The standard InChI is InChI=1S/C18H24N2O/c1-3-15-6-5-11-20(13-15)18(21)17-9-8-14(2)12-16(17)7-4-10-19/h8-9,12,15H,3,5-6,10-11,13,19H2,1-2H3. The number of piperidine rings is 1. The van der Waals surface area contributed by atoms with Crippen molar-refractivity contribution in [2.45, 2.75) is 33.1 Å². The molecule has 1 heterocycles. The monoisotopic (exact) mass is 284 g/mol. The summed E-state index contributed by atoms with van der Waals surface area (Å²) in [5, 5.41) is 0. The quantitative estimate of drug-likeness (QED) is 0.848. The Morgan fingerprint density at radius 1 is 1.48 bits per heavy atom. The zero-order chi connectivity index (χ0) is 15.2. The molecule has 1 aromatic carbocycles. The highest BCUT2D eigenvalue weighted by atomic mass is 16.2. The molecule has 0 bridgehead atoms. The largest absolute Gasteiger partial charge is 0.338 e. The first-order valence-electron chi connectivity index (χ1n) is 7.74. The topological polar surface area (TPSA) is 46.3 Å². The van der Waals surface area contributed by atoms with Gasteiger partial charge in [0.1, 0.15) is 0 Å². The van der Waals surface area contributed by atoms with Gasteiger partial charge < -0.3 is 10.6 Å². The lowest BCUT2D eigenvalue weighted by atomic mass is 9.94. The number of nitrogens with two attached hydrogens (primary N) is 1. The molecule has 3 heteroatoms. The molecule has 1 aliphatic rings. The smallest absolute Gasteiger partial charge is 0.255 e. The molecule has 1 unspecified atom stereocenters. The summed E-state index contributed by atoms with van der Waals surface area (Å²) in [6, 6.07) is 5.84. The van der Waals surface area contributed by atoms with Crippen LogP contribution in [0.25, 0.3) is 0 Å². The zero-order valence-corrected chi connectivity index (χ0v) is 13.0. The lowest BCUT2D eigenvalue weighted by Gasteiger charge is -2.32. The highest BCUT2D eigenvalue weighted by molar-refractivity contribution is 5.97. The van der Waals surface area contributed by atoms with E-state index < -0.39 is 0 Å².